The minimum absolute atomic E-state index is 0.342. The largest absolute Gasteiger partial charge is 0.455 e. The Morgan fingerprint density at radius 3 is 2.57 bits per heavy atom. The zero-order valence-electron chi connectivity index (χ0n) is 15.1. The molecule has 1 amide bonds. The fourth-order valence-corrected chi connectivity index (χ4v) is 3.56. The van der Waals surface area contributed by atoms with E-state index in [0.29, 0.717) is 12.1 Å². The Morgan fingerprint density at radius 1 is 1.07 bits per heavy atom. The molecule has 1 heterocycles. The van der Waals surface area contributed by atoms with Crippen molar-refractivity contribution in [1.82, 2.24) is 4.72 Å². The summed E-state index contributed by atoms with van der Waals surface area (Å²) in [6.45, 7) is -0.452. The van der Waals surface area contributed by atoms with Crippen molar-refractivity contribution < 1.29 is 22.7 Å². The van der Waals surface area contributed by atoms with Crippen molar-refractivity contribution in [3.8, 4) is 0 Å². The molecule has 0 spiro atoms. The van der Waals surface area contributed by atoms with Crippen LogP contribution in [0, 0.1) is 0 Å². The lowest BCUT2D eigenvalue weighted by atomic mass is 10.2. The van der Waals surface area contributed by atoms with Crippen molar-refractivity contribution in [3.63, 3.8) is 0 Å². The van der Waals surface area contributed by atoms with Gasteiger partial charge in [-0.05, 0) is 29.7 Å². The van der Waals surface area contributed by atoms with Crippen LogP contribution in [0.5, 0.6) is 0 Å². The molecular formula is C20H20N2O5S. The highest BCUT2D eigenvalue weighted by Gasteiger charge is 2.24. The lowest BCUT2D eigenvalue weighted by Gasteiger charge is -2.17. The number of hydrogen-bond acceptors (Lipinski definition) is 5. The van der Waals surface area contributed by atoms with E-state index in [1.165, 1.54) is 6.08 Å². The number of fused-ring (bicyclic) bond motifs is 1. The molecule has 0 aromatic heterocycles. The summed E-state index contributed by atoms with van der Waals surface area (Å²) in [7, 11) is -3.80. The van der Waals surface area contributed by atoms with Crippen LogP contribution in [-0.2, 0) is 30.8 Å². The second-order valence-electron chi connectivity index (χ2n) is 6.16. The summed E-state index contributed by atoms with van der Waals surface area (Å²) >= 11 is 0. The van der Waals surface area contributed by atoms with Crippen LogP contribution in [0.2, 0.25) is 0 Å². The fraction of sp³-hybridized carbons (Fsp3) is 0.200. The number of amides is 1. The quantitative estimate of drug-likeness (QED) is 0.715. The van der Waals surface area contributed by atoms with Gasteiger partial charge in [-0.3, -0.25) is 9.59 Å². The van der Waals surface area contributed by atoms with Gasteiger partial charge in [0.25, 0.3) is 5.91 Å². The Morgan fingerprint density at radius 2 is 1.79 bits per heavy atom. The number of carbonyl (C=O) groups excluding carboxylic acids is 2. The summed E-state index contributed by atoms with van der Waals surface area (Å²) in [4.78, 5) is 25.6. The second-order valence-corrected chi connectivity index (χ2v) is 7.82. The Hall–Kier alpha value is -2.97. The molecule has 8 heteroatoms. The van der Waals surface area contributed by atoms with Crippen LogP contribution in [0.15, 0.2) is 60.0 Å². The molecule has 1 N–H and O–H groups in total. The summed E-state index contributed by atoms with van der Waals surface area (Å²) in [6.07, 6.45) is 2.17. The summed E-state index contributed by atoms with van der Waals surface area (Å²) < 4.78 is 30.9. The van der Waals surface area contributed by atoms with Crippen molar-refractivity contribution in [1.29, 1.82) is 0 Å². The number of nitrogens with one attached hydrogen (secondary N) is 1. The van der Waals surface area contributed by atoms with E-state index in [2.05, 4.69) is 4.72 Å². The monoisotopic (exact) mass is 400 g/mol. The highest BCUT2D eigenvalue weighted by molar-refractivity contribution is 7.92. The number of hydrogen-bond donors (Lipinski definition) is 1. The van der Waals surface area contributed by atoms with E-state index < -0.39 is 29.1 Å². The topological polar surface area (TPSA) is 92.8 Å². The van der Waals surface area contributed by atoms with Gasteiger partial charge in [0.05, 0.1) is 0 Å². The Labute approximate surface area is 163 Å². The van der Waals surface area contributed by atoms with E-state index in [9.17, 15) is 18.0 Å². The zero-order chi connectivity index (χ0) is 20.0. The molecule has 2 aromatic rings. The number of anilines is 1. The second kappa shape index (κ2) is 8.81. The van der Waals surface area contributed by atoms with Gasteiger partial charge in [0.1, 0.15) is 6.54 Å². The molecule has 1 aliphatic rings. The molecule has 3 rings (SSSR count). The number of sulfonamides is 1. The molecule has 0 unspecified atom stereocenters. The van der Waals surface area contributed by atoms with E-state index >= 15 is 0 Å². The Bertz CT molecular complexity index is 987. The highest BCUT2D eigenvalue weighted by atomic mass is 32.2. The van der Waals surface area contributed by atoms with Gasteiger partial charge < -0.3 is 9.64 Å². The van der Waals surface area contributed by atoms with E-state index in [-0.39, 0.29) is 5.91 Å². The molecule has 28 heavy (non-hydrogen) atoms. The van der Waals surface area contributed by atoms with Crippen molar-refractivity contribution in [3.05, 3.63) is 71.1 Å². The number of para-hydroxylation sites is 1. The van der Waals surface area contributed by atoms with E-state index in [1.807, 2.05) is 30.3 Å². The average Bonchev–Trinajstić information content (AvgIpc) is 3.14. The fourth-order valence-electron chi connectivity index (χ4n) is 2.81. The van der Waals surface area contributed by atoms with Crippen LogP contribution in [0.1, 0.15) is 11.1 Å². The molecule has 0 atom stereocenters. The third kappa shape index (κ3) is 5.28. The lowest BCUT2D eigenvalue weighted by molar-refractivity contribution is -0.146. The first-order chi connectivity index (χ1) is 13.4. The van der Waals surface area contributed by atoms with Crippen LogP contribution in [0.4, 0.5) is 5.69 Å². The van der Waals surface area contributed by atoms with Gasteiger partial charge in [-0.25, -0.2) is 13.1 Å². The number of nitrogens with zero attached hydrogens (tertiary/aromatic N) is 1. The number of benzene rings is 2. The number of carbonyl (C=O) groups is 2. The average molecular weight is 400 g/mol. The van der Waals surface area contributed by atoms with E-state index in [1.54, 1.807) is 29.2 Å². The van der Waals surface area contributed by atoms with Crippen LogP contribution >= 0.6 is 0 Å². The Kier molecular flexibility index (Phi) is 6.23. The first kappa shape index (κ1) is 19.8. The van der Waals surface area contributed by atoms with Gasteiger partial charge >= 0.3 is 5.97 Å². The van der Waals surface area contributed by atoms with Crippen LogP contribution in [0.3, 0.4) is 0 Å². The van der Waals surface area contributed by atoms with Gasteiger partial charge in [0, 0.05) is 17.6 Å². The number of ether oxygens (including phenoxy) is 1. The maximum absolute atomic E-state index is 12.3. The molecule has 0 saturated carbocycles. The van der Waals surface area contributed by atoms with Crippen molar-refractivity contribution in [2.24, 2.45) is 0 Å². The summed E-state index contributed by atoms with van der Waals surface area (Å²) in [6, 6.07) is 16.4. The summed E-state index contributed by atoms with van der Waals surface area (Å²) in [5, 5.41) is 0.974. The van der Waals surface area contributed by atoms with E-state index in [0.717, 1.165) is 23.1 Å². The SMILES string of the molecule is O=C(CNS(=O)(=O)/C=C/c1ccccc1)OCC(=O)N1CCc2ccccc21. The maximum Gasteiger partial charge on any atom is 0.321 e. The molecule has 0 saturated heterocycles. The lowest BCUT2D eigenvalue weighted by Crippen LogP contribution is -2.35. The Balaban J connectivity index is 1.46. The van der Waals surface area contributed by atoms with Gasteiger partial charge in [-0.15, -0.1) is 0 Å². The minimum atomic E-state index is -3.80. The van der Waals surface area contributed by atoms with Crippen LogP contribution < -0.4 is 9.62 Å². The first-order valence-corrected chi connectivity index (χ1v) is 10.3. The highest BCUT2D eigenvalue weighted by Crippen LogP contribution is 2.27. The standard InChI is InChI=1S/C20H20N2O5S/c23-19(22-12-10-17-8-4-5-9-18(17)22)15-27-20(24)14-21-28(25,26)13-11-16-6-2-1-3-7-16/h1-9,11,13,21H,10,12,14-15H2/b13-11+. The molecule has 0 aliphatic carbocycles. The smallest absolute Gasteiger partial charge is 0.321 e. The maximum atomic E-state index is 12.3. The van der Waals surface area contributed by atoms with Gasteiger partial charge in [0.15, 0.2) is 6.61 Å². The molecule has 7 nitrogen and oxygen atoms in total. The van der Waals surface area contributed by atoms with Crippen molar-refractivity contribution in [2.45, 2.75) is 6.42 Å². The van der Waals surface area contributed by atoms with Gasteiger partial charge in [-0.2, -0.15) is 0 Å². The van der Waals surface area contributed by atoms with Gasteiger partial charge in [-0.1, -0.05) is 48.5 Å². The molecule has 0 bridgehead atoms. The molecule has 1 aliphatic heterocycles. The molecule has 0 fully saturated rings. The zero-order valence-corrected chi connectivity index (χ0v) is 15.9. The normalized spacial score (nSPS) is 13.5. The van der Waals surface area contributed by atoms with Crippen molar-refractivity contribution in [2.75, 3.05) is 24.6 Å². The number of rotatable bonds is 7. The number of esters is 1. The van der Waals surface area contributed by atoms with Gasteiger partial charge in [0.2, 0.25) is 10.0 Å². The first-order valence-electron chi connectivity index (χ1n) is 8.71. The third-order valence-electron chi connectivity index (χ3n) is 4.20. The predicted molar refractivity (Wildman–Crippen MR) is 106 cm³/mol. The van der Waals surface area contributed by atoms with Crippen LogP contribution in [-0.4, -0.2) is 40.0 Å². The summed E-state index contributed by atoms with van der Waals surface area (Å²) in [5.41, 5.74) is 2.60. The van der Waals surface area contributed by atoms with Crippen molar-refractivity contribution >= 4 is 33.7 Å². The minimum Gasteiger partial charge on any atom is -0.455 e. The molecule has 0 radical (unpaired) electrons. The van der Waals surface area contributed by atoms with E-state index in [4.69, 9.17) is 4.74 Å². The molecular weight excluding hydrogens is 380 g/mol. The van der Waals surface area contributed by atoms with Crippen LogP contribution in [0.25, 0.3) is 6.08 Å². The molecule has 2 aromatic carbocycles. The summed E-state index contributed by atoms with van der Waals surface area (Å²) in [5.74, 6) is -1.16. The third-order valence-corrected chi connectivity index (χ3v) is 5.24. The predicted octanol–water partition coefficient (Wildman–Crippen LogP) is 1.71. The molecule has 146 valence electrons.